The summed E-state index contributed by atoms with van der Waals surface area (Å²) in [6.45, 7) is 4.55. The van der Waals surface area contributed by atoms with Crippen LogP contribution in [0.2, 0.25) is 0 Å². The van der Waals surface area contributed by atoms with Crippen LogP contribution in [0.3, 0.4) is 0 Å². The third-order valence-electron chi connectivity index (χ3n) is 4.97. The standard InChI is InChI=1S/C21H26N2O4/c1-13-8-9-18-16(12-13)19(15-6-4-5-7-17(15)23-18)21(25)27-14(2)20(24)22-10-11-26-3/h4-7,13-14H,8-12H2,1-3H3,(H,22,24)/t13-,14-/m1/s1. The van der Waals surface area contributed by atoms with Crippen LogP contribution in [-0.2, 0) is 27.1 Å². The molecule has 27 heavy (non-hydrogen) atoms. The number of fused-ring (bicyclic) bond motifs is 2. The molecule has 1 N–H and O–H groups in total. The lowest BCUT2D eigenvalue weighted by Gasteiger charge is -2.24. The monoisotopic (exact) mass is 370 g/mol. The number of aryl methyl sites for hydroxylation is 1. The Balaban J connectivity index is 1.89. The van der Waals surface area contributed by atoms with Gasteiger partial charge >= 0.3 is 5.97 Å². The number of pyridine rings is 1. The van der Waals surface area contributed by atoms with Gasteiger partial charge in [-0.3, -0.25) is 9.78 Å². The number of aromatic nitrogens is 1. The minimum atomic E-state index is -0.877. The smallest absolute Gasteiger partial charge is 0.339 e. The molecule has 0 unspecified atom stereocenters. The van der Waals surface area contributed by atoms with E-state index in [4.69, 9.17) is 14.5 Å². The van der Waals surface area contributed by atoms with Crippen LogP contribution in [0.15, 0.2) is 24.3 Å². The fourth-order valence-electron chi connectivity index (χ4n) is 3.49. The van der Waals surface area contributed by atoms with Crippen molar-refractivity contribution in [3.63, 3.8) is 0 Å². The van der Waals surface area contributed by atoms with Gasteiger partial charge in [0.05, 0.1) is 17.7 Å². The lowest BCUT2D eigenvalue weighted by atomic mass is 9.84. The molecule has 2 aromatic rings. The van der Waals surface area contributed by atoms with Gasteiger partial charge in [0.1, 0.15) is 0 Å². The number of para-hydroxylation sites is 1. The van der Waals surface area contributed by atoms with Gasteiger partial charge < -0.3 is 14.8 Å². The van der Waals surface area contributed by atoms with E-state index >= 15 is 0 Å². The second kappa shape index (κ2) is 8.48. The number of amides is 1. The molecule has 0 bridgehead atoms. The molecule has 1 aromatic carbocycles. The van der Waals surface area contributed by atoms with Gasteiger partial charge in [0.25, 0.3) is 5.91 Å². The number of rotatable bonds is 6. The molecule has 3 rings (SSSR count). The maximum Gasteiger partial charge on any atom is 0.339 e. The zero-order valence-electron chi connectivity index (χ0n) is 16.1. The molecular weight excluding hydrogens is 344 g/mol. The molecule has 2 atom stereocenters. The molecule has 1 aromatic heterocycles. The summed E-state index contributed by atoms with van der Waals surface area (Å²) in [7, 11) is 1.56. The van der Waals surface area contributed by atoms with Crippen LogP contribution in [0.25, 0.3) is 10.9 Å². The number of hydrogen-bond acceptors (Lipinski definition) is 5. The van der Waals surface area contributed by atoms with E-state index in [1.54, 1.807) is 14.0 Å². The van der Waals surface area contributed by atoms with Crippen molar-refractivity contribution >= 4 is 22.8 Å². The lowest BCUT2D eigenvalue weighted by molar-refractivity contribution is -0.129. The van der Waals surface area contributed by atoms with Crippen LogP contribution in [-0.4, -0.2) is 43.2 Å². The van der Waals surface area contributed by atoms with Crippen LogP contribution in [0, 0.1) is 5.92 Å². The highest BCUT2D eigenvalue weighted by molar-refractivity contribution is 6.05. The van der Waals surface area contributed by atoms with E-state index < -0.39 is 12.1 Å². The number of carbonyl (C=O) groups excluding carboxylic acids is 2. The molecular formula is C21H26N2O4. The van der Waals surface area contributed by atoms with Gasteiger partial charge in [0.2, 0.25) is 0 Å². The quantitative estimate of drug-likeness (QED) is 0.625. The Kier molecular flexibility index (Phi) is 6.06. The molecule has 0 aliphatic heterocycles. The molecule has 1 amide bonds. The van der Waals surface area contributed by atoms with E-state index in [0.29, 0.717) is 24.6 Å². The lowest BCUT2D eigenvalue weighted by Crippen LogP contribution is -2.37. The number of ether oxygens (including phenoxy) is 2. The van der Waals surface area contributed by atoms with E-state index in [9.17, 15) is 9.59 Å². The second-order valence-corrected chi connectivity index (χ2v) is 7.11. The van der Waals surface area contributed by atoms with Crippen LogP contribution in [0.1, 0.15) is 41.9 Å². The van der Waals surface area contributed by atoms with Gasteiger partial charge in [0.15, 0.2) is 6.10 Å². The molecule has 0 radical (unpaired) electrons. The zero-order chi connectivity index (χ0) is 19.4. The Hall–Kier alpha value is -2.47. The van der Waals surface area contributed by atoms with Gasteiger partial charge in [-0.05, 0) is 43.7 Å². The van der Waals surface area contributed by atoms with E-state index in [-0.39, 0.29) is 5.91 Å². The van der Waals surface area contributed by atoms with E-state index in [1.165, 1.54) is 0 Å². The molecule has 0 spiro atoms. The van der Waals surface area contributed by atoms with E-state index in [1.807, 2.05) is 24.3 Å². The summed E-state index contributed by atoms with van der Waals surface area (Å²) in [6.07, 6.45) is 1.84. The zero-order valence-corrected chi connectivity index (χ0v) is 16.1. The highest BCUT2D eigenvalue weighted by Crippen LogP contribution is 2.32. The van der Waals surface area contributed by atoms with Gasteiger partial charge in [0, 0.05) is 24.7 Å². The van der Waals surface area contributed by atoms with Crippen LogP contribution < -0.4 is 5.32 Å². The number of nitrogens with one attached hydrogen (secondary N) is 1. The minimum Gasteiger partial charge on any atom is -0.449 e. The largest absolute Gasteiger partial charge is 0.449 e. The van der Waals surface area contributed by atoms with Crippen LogP contribution >= 0.6 is 0 Å². The number of methoxy groups -OCH3 is 1. The van der Waals surface area contributed by atoms with Crippen LogP contribution in [0.5, 0.6) is 0 Å². The summed E-state index contributed by atoms with van der Waals surface area (Å²) >= 11 is 0. The fraction of sp³-hybridized carbons (Fsp3) is 0.476. The van der Waals surface area contributed by atoms with Crippen molar-refractivity contribution in [2.24, 2.45) is 5.92 Å². The first-order valence-electron chi connectivity index (χ1n) is 9.39. The van der Waals surface area contributed by atoms with E-state index in [0.717, 1.165) is 41.4 Å². The Morgan fingerprint density at radius 2 is 2.11 bits per heavy atom. The summed E-state index contributed by atoms with van der Waals surface area (Å²) in [5.74, 6) is -0.309. The molecule has 1 heterocycles. The average molecular weight is 370 g/mol. The molecule has 6 heteroatoms. The summed E-state index contributed by atoms with van der Waals surface area (Å²) < 4.78 is 10.4. The molecule has 0 fully saturated rings. The van der Waals surface area contributed by atoms with E-state index in [2.05, 4.69) is 12.2 Å². The second-order valence-electron chi connectivity index (χ2n) is 7.11. The first-order valence-corrected chi connectivity index (χ1v) is 9.39. The number of esters is 1. The van der Waals surface area contributed by atoms with Crippen molar-refractivity contribution in [3.05, 3.63) is 41.1 Å². The van der Waals surface area contributed by atoms with Crippen molar-refractivity contribution in [1.82, 2.24) is 10.3 Å². The predicted molar refractivity (Wildman–Crippen MR) is 103 cm³/mol. The average Bonchev–Trinajstić information content (AvgIpc) is 2.66. The van der Waals surface area contributed by atoms with Crippen molar-refractivity contribution in [1.29, 1.82) is 0 Å². The summed E-state index contributed by atoms with van der Waals surface area (Å²) in [5, 5.41) is 3.47. The van der Waals surface area contributed by atoms with Crippen molar-refractivity contribution in [2.75, 3.05) is 20.3 Å². The molecule has 144 valence electrons. The summed E-state index contributed by atoms with van der Waals surface area (Å²) in [5.41, 5.74) is 3.27. The Bertz CT molecular complexity index is 849. The minimum absolute atomic E-state index is 0.332. The molecule has 6 nitrogen and oxygen atoms in total. The van der Waals surface area contributed by atoms with Crippen molar-refractivity contribution < 1.29 is 19.1 Å². The molecule has 0 saturated carbocycles. The molecule has 0 saturated heterocycles. The maximum absolute atomic E-state index is 13.0. The fourth-order valence-corrected chi connectivity index (χ4v) is 3.49. The number of hydrogen-bond donors (Lipinski definition) is 1. The number of carbonyl (C=O) groups is 2. The normalized spacial score (nSPS) is 17.2. The van der Waals surface area contributed by atoms with Crippen molar-refractivity contribution in [3.8, 4) is 0 Å². The third kappa shape index (κ3) is 4.27. The highest BCUT2D eigenvalue weighted by atomic mass is 16.5. The SMILES string of the molecule is COCCNC(=O)[C@@H](C)OC(=O)c1c2c(nc3ccccc13)CC[C@@H](C)C2. The summed E-state index contributed by atoms with van der Waals surface area (Å²) in [4.78, 5) is 29.9. The van der Waals surface area contributed by atoms with Gasteiger partial charge in [-0.15, -0.1) is 0 Å². The van der Waals surface area contributed by atoms with Crippen LogP contribution in [0.4, 0.5) is 0 Å². The Morgan fingerprint density at radius 1 is 1.33 bits per heavy atom. The highest BCUT2D eigenvalue weighted by Gasteiger charge is 2.28. The Labute approximate surface area is 159 Å². The van der Waals surface area contributed by atoms with Gasteiger partial charge in [-0.2, -0.15) is 0 Å². The number of benzene rings is 1. The summed E-state index contributed by atoms with van der Waals surface area (Å²) in [6, 6.07) is 7.60. The third-order valence-corrected chi connectivity index (χ3v) is 4.97. The van der Waals surface area contributed by atoms with Crippen molar-refractivity contribution in [2.45, 2.75) is 39.2 Å². The predicted octanol–water partition coefficient (Wildman–Crippen LogP) is 2.67. The number of nitrogens with zero attached hydrogens (tertiary/aromatic N) is 1. The maximum atomic E-state index is 13.0. The first-order chi connectivity index (χ1) is 13.0. The topological polar surface area (TPSA) is 77.5 Å². The molecule has 1 aliphatic carbocycles. The molecule has 1 aliphatic rings. The van der Waals surface area contributed by atoms with Gasteiger partial charge in [-0.1, -0.05) is 25.1 Å². The Morgan fingerprint density at radius 3 is 2.89 bits per heavy atom. The first kappa shape index (κ1) is 19.3. The van der Waals surface area contributed by atoms with Gasteiger partial charge in [-0.25, -0.2) is 4.79 Å².